The number of rotatable bonds is 2. The summed E-state index contributed by atoms with van der Waals surface area (Å²) in [4.78, 5) is 3.62. The lowest BCUT2D eigenvalue weighted by Gasteiger charge is -2.07. The minimum atomic E-state index is 1.10. The lowest BCUT2D eigenvalue weighted by molar-refractivity contribution is 1.44. The second-order valence-corrected chi connectivity index (χ2v) is 6.66. The Morgan fingerprint density at radius 2 is 1.48 bits per heavy atom. The van der Waals surface area contributed by atoms with Gasteiger partial charge in [0, 0.05) is 20.9 Å². The van der Waals surface area contributed by atoms with Crippen LogP contribution < -0.4 is 0 Å². The minimum absolute atomic E-state index is 1.10. The van der Waals surface area contributed by atoms with Crippen molar-refractivity contribution in [1.82, 2.24) is 4.98 Å². The van der Waals surface area contributed by atoms with E-state index >= 15 is 0 Å². The highest BCUT2D eigenvalue weighted by Crippen LogP contribution is 2.39. The van der Waals surface area contributed by atoms with Crippen molar-refractivity contribution in [2.75, 3.05) is 0 Å². The second kappa shape index (κ2) is 5.71. The number of benzene rings is 3. The van der Waals surface area contributed by atoms with Gasteiger partial charge in [-0.15, -0.1) is 0 Å². The number of aromatic nitrogens is 1. The highest BCUT2D eigenvalue weighted by molar-refractivity contribution is 9.10. The summed E-state index contributed by atoms with van der Waals surface area (Å²) in [5, 5.41) is 1.30. The molecule has 1 aromatic heterocycles. The van der Waals surface area contributed by atoms with Crippen LogP contribution in [-0.4, -0.2) is 4.98 Å². The molecule has 0 unspecified atom stereocenters. The zero-order chi connectivity index (χ0) is 15.8. The van der Waals surface area contributed by atoms with E-state index in [1.807, 2.05) is 0 Å². The SMILES string of the molecule is Cc1cccc2[nH]c(-c3ccccc3)c(-c3ccc(Br)cc3)c12. The molecule has 2 heteroatoms. The molecule has 4 aromatic rings. The number of aromatic amines is 1. The highest BCUT2D eigenvalue weighted by Gasteiger charge is 2.16. The van der Waals surface area contributed by atoms with Gasteiger partial charge >= 0.3 is 0 Å². The van der Waals surface area contributed by atoms with E-state index < -0.39 is 0 Å². The van der Waals surface area contributed by atoms with E-state index in [0.29, 0.717) is 0 Å². The fourth-order valence-corrected chi connectivity index (χ4v) is 3.42. The molecule has 0 radical (unpaired) electrons. The van der Waals surface area contributed by atoms with Gasteiger partial charge in [0.15, 0.2) is 0 Å². The molecule has 1 heterocycles. The molecule has 0 bridgehead atoms. The zero-order valence-corrected chi connectivity index (χ0v) is 14.4. The van der Waals surface area contributed by atoms with Crippen LogP contribution in [0.5, 0.6) is 0 Å². The molecule has 0 amide bonds. The highest BCUT2D eigenvalue weighted by atomic mass is 79.9. The number of halogens is 1. The Balaban J connectivity index is 2.08. The lowest BCUT2D eigenvalue weighted by atomic mass is 9.96. The average molecular weight is 362 g/mol. The maximum Gasteiger partial charge on any atom is 0.0544 e. The van der Waals surface area contributed by atoms with E-state index in [2.05, 4.69) is 101 Å². The van der Waals surface area contributed by atoms with Crippen LogP contribution >= 0.6 is 15.9 Å². The molecule has 0 fully saturated rings. The molecule has 0 saturated carbocycles. The molecule has 0 aliphatic rings. The van der Waals surface area contributed by atoms with Crippen molar-refractivity contribution in [2.24, 2.45) is 0 Å². The van der Waals surface area contributed by atoms with Gasteiger partial charge in [0.25, 0.3) is 0 Å². The van der Waals surface area contributed by atoms with Crippen LogP contribution in [0.15, 0.2) is 77.3 Å². The van der Waals surface area contributed by atoms with E-state index in [1.165, 1.54) is 38.9 Å². The van der Waals surface area contributed by atoms with Gasteiger partial charge < -0.3 is 4.98 Å². The number of hydrogen-bond donors (Lipinski definition) is 1. The molecule has 0 atom stereocenters. The third-order valence-electron chi connectivity index (χ3n) is 4.23. The monoisotopic (exact) mass is 361 g/mol. The summed E-state index contributed by atoms with van der Waals surface area (Å²) in [7, 11) is 0. The van der Waals surface area contributed by atoms with Crippen LogP contribution in [0.25, 0.3) is 33.3 Å². The fraction of sp³-hybridized carbons (Fsp3) is 0.0476. The van der Waals surface area contributed by atoms with Gasteiger partial charge in [-0.2, -0.15) is 0 Å². The lowest BCUT2D eigenvalue weighted by Crippen LogP contribution is -1.83. The minimum Gasteiger partial charge on any atom is -0.354 e. The summed E-state index contributed by atoms with van der Waals surface area (Å²) >= 11 is 3.53. The van der Waals surface area contributed by atoms with Crippen LogP contribution in [-0.2, 0) is 0 Å². The van der Waals surface area contributed by atoms with Gasteiger partial charge in [-0.1, -0.05) is 70.5 Å². The van der Waals surface area contributed by atoms with Gasteiger partial charge in [-0.25, -0.2) is 0 Å². The number of H-pyrrole nitrogens is 1. The van der Waals surface area contributed by atoms with E-state index in [1.54, 1.807) is 0 Å². The summed E-state index contributed by atoms with van der Waals surface area (Å²) in [5.41, 5.74) is 7.36. The number of nitrogens with one attached hydrogen (secondary N) is 1. The third kappa shape index (κ3) is 2.49. The predicted octanol–water partition coefficient (Wildman–Crippen LogP) is 6.57. The summed E-state index contributed by atoms with van der Waals surface area (Å²) < 4.78 is 1.10. The Kier molecular flexibility index (Phi) is 3.55. The molecule has 0 spiro atoms. The number of hydrogen-bond acceptors (Lipinski definition) is 0. The molecule has 0 aliphatic carbocycles. The van der Waals surface area contributed by atoms with Gasteiger partial charge in [-0.3, -0.25) is 0 Å². The quantitative estimate of drug-likeness (QED) is 0.415. The Hall–Kier alpha value is -2.32. The number of fused-ring (bicyclic) bond motifs is 1. The Bertz CT molecular complexity index is 966. The molecule has 1 N–H and O–H groups in total. The van der Waals surface area contributed by atoms with E-state index in [4.69, 9.17) is 0 Å². The fourth-order valence-electron chi connectivity index (χ4n) is 3.15. The molecule has 1 nitrogen and oxygen atoms in total. The van der Waals surface area contributed by atoms with Crippen molar-refractivity contribution in [3.05, 3.63) is 82.8 Å². The third-order valence-corrected chi connectivity index (χ3v) is 4.76. The summed E-state index contributed by atoms with van der Waals surface area (Å²) in [6, 6.07) is 25.5. The van der Waals surface area contributed by atoms with Gasteiger partial charge in [0.05, 0.1) is 5.69 Å². The smallest absolute Gasteiger partial charge is 0.0544 e. The van der Waals surface area contributed by atoms with Crippen molar-refractivity contribution in [3.63, 3.8) is 0 Å². The maximum absolute atomic E-state index is 3.62. The van der Waals surface area contributed by atoms with Crippen LogP contribution in [0.2, 0.25) is 0 Å². The van der Waals surface area contributed by atoms with Crippen LogP contribution in [0.4, 0.5) is 0 Å². The Morgan fingerprint density at radius 3 is 2.22 bits per heavy atom. The Morgan fingerprint density at radius 1 is 0.739 bits per heavy atom. The first-order chi connectivity index (χ1) is 11.2. The summed E-state index contributed by atoms with van der Waals surface area (Å²) in [6.45, 7) is 2.17. The Labute approximate surface area is 144 Å². The van der Waals surface area contributed by atoms with Crippen molar-refractivity contribution in [1.29, 1.82) is 0 Å². The van der Waals surface area contributed by atoms with Gasteiger partial charge in [0.1, 0.15) is 0 Å². The van der Waals surface area contributed by atoms with Crippen LogP contribution in [0.3, 0.4) is 0 Å². The van der Waals surface area contributed by atoms with Crippen molar-refractivity contribution in [3.8, 4) is 22.4 Å². The molecule has 112 valence electrons. The first-order valence-electron chi connectivity index (χ1n) is 7.67. The van der Waals surface area contributed by atoms with Gasteiger partial charge in [-0.05, 0) is 41.8 Å². The van der Waals surface area contributed by atoms with Crippen molar-refractivity contribution < 1.29 is 0 Å². The van der Waals surface area contributed by atoms with Crippen molar-refractivity contribution >= 4 is 26.8 Å². The summed E-state index contributed by atoms with van der Waals surface area (Å²) in [5.74, 6) is 0. The van der Waals surface area contributed by atoms with Gasteiger partial charge in [0.2, 0.25) is 0 Å². The van der Waals surface area contributed by atoms with Crippen LogP contribution in [0, 0.1) is 6.92 Å². The topological polar surface area (TPSA) is 15.8 Å². The van der Waals surface area contributed by atoms with E-state index in [0.717, 1.165) is 4.47 Å². The van der Waals surface area contributed by atoms with Crippen molar-refractivity contribution in [2.45, 2.75) is 6.92 Å². The molecule has 23 heavy (non-hydrogen) atoms. The number of aryl methyl sites for hydroxylation is 1. The predicted molar refractivity (Wildman–Crippen MR) is 102 cm³/mol. The van der Waals surface area contributed by atoms with Crippen LogP contribution in [0.1, 0.15) is 5.56 Å². The molecular formula is C21H16BrN. The summed E-state index contributed by atoms with van der Waals surface area (Å²) in [6.07, 6.45) is 0. The standard InChI is InChI=1S/C21H16BrN/c1-14-6-5-9-18-19(14)20(15-10-12-17(22)13-11-15)21(23-18)16-7-3-2-4-8-16/h2-13,23H,1H3. The first kappa shape index (κ1) is 14.3. The normalized spacial score (nSPS) is 11.0. The maximum atomic E-state index is 3.62. The van der Waals surface area contributed by atoms with E-state index in [9.17, 15) is 0 Å². The molecule has 0 aliphatic heterocycles. The second-order valence-electron chi connectivity index (χ2n) is 5.75. The molecule has 3 aromatic carbocycles. The zero-order valence-electron chi connectivity index (χ0n) is 12.8. The molecular weight excluding hydrogens is 346 g/mol. The molecule has 0 saturated heterocycles. The molecule has 4 rings (SSSR count). The average Bonchev–Trinajstić information content (AvgIpc) is 2.97. The largest absolute Gasteiger partial charge is 0.354 e. The first-order valence-corrected chi connectivity index (χ1v) is 8.46. The van der Waals surface area contributed by atoms with E-state index in [-0.39, 0.29) is 0 Å².